The van der Waals surface area contributed by atoms with Crippen LogP contribution in [0.25, 0.3) is 0 Å². The zero-order valence-corrected chi connectivity index (χ0v) is 19.9. The monoisotopic (exact) mass is 485 g/mol. The zero-order chi connectivity index (χ0) is 22.7. The number of aromatic nitrogens is 2. The first kappa shape index (κ1) is 22.4. The lowest BCUT2D eigenvalue weighted by Gasteiger charge is -2.10. The Morgan fingerprint density at radius 1 is 1.09 bits per heavy atom. The molecule has 0 atom stereocenters. The summed E-state index contributed by atoms with van der Waals surface area (Å²) >= 11 is 13.4. The molecule has 1 amide bonds. The molecule has 0 unspecified atom stereocenters. The van der Waals surface area contributed by atoms with Crippen LogP contribution in [0.2, 0.25) is 10.0 Å². The van der Waals surface area contributed by atoms with Crippen LogP contribution in [0.15, 0.2) is 60.2 Å². The van der Waals surface area contributed by atoms with E-state index in [0.29, 0.717) is 33.8 Å². The molecule has 0 bridgehead atoms. The molecule has 2 aromatic carbocycles. The maximum Gasteiger partial charge on any atom is 0.265 e. The molecule has 0 aliphatic carbocycles. The number of carbonyl (C=O) groups excluding carboxylic acids is 1. The molecule has 1 N–H and O–H groups in total. The number of benzene rings is 2. The van der Waals surface area contributed by atoms with Crippen molar-refractivity contribution < 1.29 is 9.53 Å². The molecule has 2 aromatic heterocycles. The summed E-state index contributed by atoms with van der Waals surface area (Å²) in [4.78, 5) is 13.3. The second-order valence-corrected chi connectivity index (χ2v) is 9.18. The van der Waals surface area contributed by atoms with E-state index < -0.39 is 0 Å². The topological polar surface area (TPSA) is 56.1 Å². The summed E-state index contributed by atoms with van der Waals surface area (Å²) in [7, 11) is 0. The van der Waals surface area contributed by atoms with E-state index in [4.69, 9.17) is 27.9 Å². The largest absolute Gasteiger partial charge is 0.488 e. The van der Waals surface area contributed by atoms with Crippen LogP contribution in [-0.2, 0) is 13.2 Å². The van der Waals surface area contributed by atoms with Crippen LogP contribution in [0.1, 0.15) is 31.9 Å². The molecule has 8 heteroatoms. The molecular weight excluding hydrogens is 465 g/mol. The minimum Gasteiger partial charge on any atom is -0.488 e. The lowest BCUT2D eigenvalue weighted by Crippen LogP contribution is -2.09. The highest BCUT2D eigenvalue weighted by Crippen LogP contribution is 2.25. The lowest BCUT2D eigenvalue weighted by molar-refractivity contribution is 0.103. The van der Waals surface area contributed by atoms with Gasteiger partial charge >= 0.3 is 0 Å². The van der Waals surface area contributed by atoms with Gasteiger partial charge in [0.05, 0.1) is 33.4 Å². The van der Waals surface area contributed by atoms with E-state index in [-0.39, 0.29) is 5.91 Å². The highest BCUT2D eigenvalue weighted by molar-refractivity contribution is 7.12. The van der Waals surface area contributed by atoms with Crippen molar-refractivity contribution in [1.29, 1.82) is 0 Å². The Morgan fingerprint density at radius 2 is 1.88 bits per heavy atom. The fourth-order valence-electron chi connectivity index (χ4n) is 3.29. The van der Waals surface area contributed by atoms with Crippen molar-refractivity contribution in [2.75, 3.05) is 5.32 Å². The first-order valence-corrected chi connectivity index (χ1v) is 11.6. The van der Waals surface area contributed by atoms with Gasteiger partial charge in [-0.05, 0) is 54.1 Å². The SMILES string of the molecule is Cc1cccc(C)c1OCc1csc(C(=O)Nc2cnn(Cc3ccc(Cl)c(Cl)c3)c2)c1. The zero-order valence-electron chi connectivity index (χ0n) is 17.6. The number of ether oxygens (including phenoxy) is 1. The second-order valence-electron chi connectivity index (χ2n) is 7.46. The van der Waals surface area contributed by atoms with Gasteiger partial charge in [-0.1, -0.05) is 47.5 Å². The molecule has 0 spiro atoms. The minimum atomic E-state index is -0.178. The van der Waals surface area contributed by atoms with Crippen molar-refractivity contribution in [2.24, 2.45) is 0 Å². The van der Waals surface area contributed by atoms with Crippen molar-refractivity contribution in [2.45, 2.75) is 27.0 Å². The molecule has 0 radical (unpaired) electrons. The number of hydrogen-bond donors (Lipinski definition) is 1. The number of aryl methyl sites for hydroxylation is 2. The third kappa shape index (κ3) is 5.33. The van der Waals surface area contributed by atoms with Crippen molar-refractivity contribution in [3.8, 4) is 5.75 Å². The van der Waals surface area contributed by atoms with Gasteiger partial charge in [0.1, 0.15) is 12.4 Å². The number of nitrogens with zero attached hydrogens (tertiary/aromatic N) is 2. The minimum absolute atomic E-state index is 0.178. The van der Waals surface area contributed by atoms with Crippen LogP contribution in [-0.4, -0.2) is 15.7 Å². The van der Waals surface area contributed by atoms with Crippen LogP contribution in [0, 0.1) is 13.8 Å². The van der Waals surface area contributed by atoms with Crippen molar-refractivity contribution in [3.05, 3.63) is 97.4 Å². The molecule has 0 aliphatic rings. The summed E-state index contributed by atoms with van der Waals surface area (Å²) in [5.74, 6) is 0.710. The van der Waals surface area contributed by atoms with Gasteiger partial charge in [0.15, 0.2) is 0 Å². The third-order valence-electron chi connectivity index (χ3n) is 4.89. The Kier molecular flexibility index (Phi) is 6.84. The Morgan fingerprint density at radius 3 is 2.62 bits per heavy atom. The summed E-state index contributed by atoms with van der Waals surface area (Å²) in [6.45, 7) is 4.98. The molecule has 164 valence electrons. The van der Waals surface area contributed by atoms with Gasteiger partial charge in [0.2, 0.25) is 0 Å². The quantitative estimate of drug-likeness (QED) is 0.315. The fraction of sp³-hybridized carbons (Fsp3) is 0.167. The van der Waals surface area contributed by atoms with E-state index in [0.717, 1.165) is 28.0 Å². The van der Waals surface area contributed by atoms with Gasteiger partial charge in [-0.3, -0.25) is 9.48 Å². The molecule has 0 fully saturated rings. The number of halogens is 2. The summed E-state index contributed by atoms with van der Waals surface area (Å²) in [5, 5.41) is 10.1. The van der Waals surface area contributed by atoms with Gasteiger partial charge in [-0.25, -0.2) is 0 Å². The average Bonchev–Trinajstić information content (AvgIpc) is 3.40. The van der Waals surface area contributed by atoms with Gasteiger partial charge in [0.25, 0.3) is 5.91 Å². The molecule has 0 saturated carbocycles. The lowest BCUT2D eigenvalue weighted by atomic mass is 10.1. The number of hydrogen-bond acceptors (Lipinski definition) is 4. The predicted octanol–water partition coefficient (Wildman–Crippen LogP) is 6.75. The van der Waals surface area contributed by atoms with Crippen LogP contribution < -0.4 is 10.1 Å². The summed E-state index contributed by atoms with van der Waals surface area (Å²) in [5.41, 5.74) is 4.73. The number of thiophene rings is 1. The molecule has 32 heavy (non-hydrogen) atoms. The Bertz CT molecular complexity index is 1250. The Hall–Kier alpha value is -2.80. The van der Waals surface area contributed by atoms with Gasteiger partial charge in [-0.15, -0.1) is 11.3 Å². The molecule has 4 rings (SSSR count). The van der Waals surface area contributed by atoms with Crippen LogP contribution in [0.4, 0.5) is 5.69 Å². The fourth-order valence-corrected chi connectivity index (χ4v) is 4.40. The molecule has 0 saturated heterocycles. The van der Waals surface area contributed by atoms with Crippen molar-refractivity contribution in [1.82, 2.24) is 9.78 Å². The number of nitrogens with one attached hydrogen (secondary N) is 1. The molecule has 4 aromatic rings. The van der Waals surface area contributed by atoms with E-state index in [1.54, 1.807) is 29.2 Å². The first-order chi connectivity index (χ1) is 15.4. The molecule has 0 aliphatic heterocycles. The second kappa shape index (κ2) is 9.77. The van der Waals surface area contributed by atoms with Crippen LogP contribution in [0.5, 0.6) is 5.75 Å². The number of amides is 1. The summed E-state index contributed by atoms with van der Waals surface area (Å²) < 4.78 is 7.71. The van der Waals surface area contributed by atoms with Gasteiger partial charge in [-0.2, -0.15) is 5.10 Å². The van der Waals surface area contributed by atoms with E-state index in [1.807, 2.05) is 49.6 Å². The van der Waals surface area contributed by atoms with Crippen molar-refractivity contribution >= 4 is 46.1 Å². The maximum atomic E-state index is 12.6. The molecular formula is C24H21Cl2N3O2S. The van der Waals surface area contributed by atoms with Gasteiger partial charge in [0, 0.05) is 11.8 Å². The number of para-hydroxylation sites is 1. The van der Waals surface area contributed by atoms with E-state index >= 15 is 0 Å². The van der Waals surface area contributed by atoms with E-state index in [9.17, 15) is 4.79 Å². The summed E-state index contributed by atoms with van der Waals surface area (Å²) in [6.07, 6.45) is 3.40. The standard InChI is InChI=1S/C24H21Cl2N3O2S/c1-15-4-3-5-16(2)23(15)31-13-18-9-22(32-14-18)24(30)28-19-10-27-29(12-19)11-17-6-7-20(25)21(26)8-17/h3-10,12,14H,11,13H2,1-2H3,(H,28,30). The van der Waals surface area contributed by atoms with Crippen molar-refractivity contribution in [3.63, 3.8) is 0 Å². The smallest absolute Gasteiger partial charge is 0.265 e. The maximum absolute atomic E-state index is 12.6. The first-order valence-electron chi connectivity index (χ1n) is 9.93. The van der Waals surface area contributed by atoms with Crippen LogP contribution in [0.3, 0.4) is 0 Å². The molecule has 2 heterocycles. The number of carbonyl (C=O) groups is 1. The average molecular weight is 486 g/mol. The highest BCUT2D eigenvalue weighted by Gasteiger charge is 2.12. The Balaban J connectivity index is 1.35. The van der Waals surface area contributed by atoms with Gasteiger partial charge < -0.3 is 10.1 Å². The van der Waals surface area contributed by atoms with Crippen LogP contribution >= 0.6 is 34.5 Å². The highest BCUT2D eigenvalue weighted by atomic mass is 35.5. The number of anilines is 1. The van der Waals surface area contributed by atoms with E-state index in [1.165, 1.54) is 11.3 Å². The Labute approximate surface area is 200 Å². The van der Waals surface area contributed by atoms with E-state index in [2.05, 4.69) is 10.4 Å². The molecule has 5 nitrogen and oxygen atoms in total. The number of rotatable bonds is 7. The summed E-state index contributed by atoms with van der Waals surface area (Å²) in [6, 6.07) is 13.4. The predicted molar refractivity (Wildman–Crippen MR) is 130 cm³/mol. The normalized spacial score (nSPS) is 10.9. The third-order valence-corrected chi connectivity index (χ3v) is 6.61.